The molecule has 0 radical (unpaired) electrons. The van der Waals surface area contributed by atoms with Crippen LogP contribution in [0.2, 0.25) is 0 Å². The highest BCUT2D eigenvalue weighted by Crippen LogP contribution is 2.10. The van der Waals surface area contributed by atoms with Gasteiger partial charge in [-0.2, -0.15) is 0 Å². The van der Waals surface area contributed by atoms with Crippen molar-refractivity contribution in [3.05, 3.63) is 36.2 Å². The number of rotatable bonds is 3. The molecule has 1 atom stereocenters. The first-order valence-corrected chi connectivity index (χ1v) is 5.22. The third-order valence-electron chi connectivity index (χ3n) is 2.38. The van der Waals surface area contributed by atoms with Gasteiger partial charge in [0, 0.05) is 23.3 Å². The van der Waals surface area contributed by atoms with Crippen LogP contribution < -0.4 is 5.73 Å². The summed E-state index contributed by atoms with van der Waals surface area (Å²) < 4.78 is 0. The van der Waals surface area contributed by atoms with Gasteiger partial charge in [-0.1, -0.05) is 0 Å². The van der Waals surface area contributed by atoms with Gasteiger partial charge in [-0.25, -0.2) is 9.97 Å². The third-order valence-corrected chi connectivity index (χ3v) is 2.38. The first-order valence-electron chi connectivity index (χ1n) is 5.22. The van der Waals surface area contributed by atoms with Gasteiger partial charge in [0.25, 0.3) is 0 Å². The van der Waals surface area contributed by atoms with E-state index in [0.29, 0.717) is 0 Å². The van der Waals surface area contributed by atoms with E-state index in [-0.39, 0.29) is 6.04 Å². The quantitative estimate of drug-likeness (QED) is 0.825. The Kier molecular flexibility index (Phi) is 2.92. The van der Waals surface area contributed by atoms with E-state index < -0.39 is 0 Å². The molecule has 2 aromatic rings. The van der Waals surface area contributed by atoms with Gasteiger partial charge >= 0.3 is 0 Å². The second kappa shape index (κ2) is 4.36. The molecule has 0 spiro atoms. The number of aromatic nitrogens is 2. The van der Waals surface area contributed by atoms with Crippen LogP contribution in [0.4, 0.5) is 0 Å². The Hall–Kier alpha value is -1.48. The molecule has 3 nitrogen and oxygen atoms in total. The summed E-state index contributed by atoms with van der Waals surface area (Å²) >= 11 is 0. The van der Waals surface area contributed by atoms with Gasteiger partial charge in [0.05, 0.1) is 0 Å². The van der Waals surface area contributed by atoms with Crippen LogP contribution in [-0.2, 0) is 6.42 Å². The highest BCUT2D eigenvalue weighted by Gasteiger charge is 2.00. The standard InChI is InChI=1S/C12H15N3/c1-9(13)4-6-11-7-5-10-3-2-8-14-12(10)15-11/h2-3,5,7-9H,4,6,13H2,1H3. The lowest BCUT2D eigenvalue weighted by atomic mass is 10.1. The molecule has 0 aromatic carbocycles. The smallest absolute Gasteiger partial charge is 0.159 e. The first kappa shape index (κ1) is 10.1. The third kappa shape index (κ3) is 2.50. The van der Waals surface area contributed by atoms with Crippen LogP contribution in [0.5, 0.6) is 0 Å². The highest BCUT2D eigenvalue weighted by molar-refractivity contribution is 5.74. The maximum atomic E-state index is 5.71. The number of aryl methyl sites for hydroxylation is 1. The van der Waals surface area contributed by atoms with Crippen LogP contribution in [0.15, 0.2) is 30.5 Å². The van der Waals surface area contributed by atoms with E-state index in [1.54, 1.807) is 6.20 Å². The number of hydrogen-bond donors (Lipinski definition) is 1. The van der Waals surface area contributed by atoms with E-state index in [1.165, 1.54) is 0 Å². The molecule has 0 amide bonds. The molecule has 78 valence electrons. The SMILES string of the molecule is CC(N)CCc1ccc2cccnc2n1. The normalized spacial score (nSPS) is 12.9. The number of fused-ring (bicyclic) bond motifs is 1. The monoisotopic (exact) mass is 201 g/mol. The molecule has 2 aromatic heterocycles. The summed E-state index contributed by atoms with van der Waals surface area (Å²) in [6.07, 6.45) is 3.65. The number of nitrogens with two attached hydrogens (primary N) is 1. The lowest BCUT2D eigenvalue weighted by molar-refractivity contribution is 0.659. The fraction of sp³-hybridized carbons (Fsp3) is 0.333. The summed E-state index contributed by atoms with van der Waals surface area (Å²) in [4.78, 5) is 8.71. The van der Waals surface area contributed by atoms with Crippen LogP contribution in [0, 0.1) is 0 Å². The topological polar surface area (TPSA) is 51.8 Å². The molecule has 2 N–H and O–H groups in total. The van der Waals surface area contributed by atoms with Crippen LogP contribution >= 0.6 is 0 Å². The maximum Gasteiger partial charge on any atom is 0.159 e. The second-order valence-electron chi connectivity index (χ2n) is 3.87. The van der Waals surface area contributed by atoms with Crippen LogP contribution in [0.1, 0.15) is 19.0 Å². The minimum atomic E-state index is 0.228. The van der Waals surface area contributed by atoms with E-state index in [0.717, 1.165) is 29.6 Å². The van der Waals surface area contributed by atoms with Crippen LogP contribution in [0.25, 0.3) is 11.0 Å². The fourth-order valence-electron chi connectivity index (χ4n) is 1.51. The molecule has 0 aliphatic rings. The predicted octanol–water partition coefficient (Wildman–Crippen LogP) is 1.91. The molecule has 3 heteroatoms. The molecular formula is C12H15N3. The van der Waals surface area contributed by atoms with Crippen molar-refractivity contribution < 1.29 is 0 Å². The average Bonchev–Trinajstić information content (AvgIpc) is 2.26. The van der Waals surface area contributed by atoms with Gasteiger partial charge in [0.15, 0.2) is 5.65 Å². The number of hydrogen-bond acceptors (Lipinski definition) is 3. The van der Waals surface area contributed by atoms with E-state index >= 15 is 0 Å². The Labute approximate surface area is 89.4 Å². The molecule has 0 saturated heterocycles. The zero-order valence-electron chi connectivity index (χ0n) is 8.85. The molecule has 0 fully saturated rings. The Balaban J connectivity index is 2.23. The summed E-state index contributed by atoms with van der Waals surface area (Å²) in [5.41, 5.74) is 7.60. The van der Waals surface area contributed by atoms with Gasteiger partial charge in [-0.15, -0.1) is 0 Å². The molecule has 1 unspecified atom stereocenters. The molecule has 0 saturated carbocycles. The summed E-state index contributed by atoms with van der Waals surface area (Å²) in [6, 6.07) is 8.28. The van der Waals surface area contributed by atoms with Crippen LogP contribution in [-0.4, -0.2) is 16.0 Å². The predicted molar refractivity (Wildman–Crippen MR) is 61.5 cm³/mol. The van der Waals surface area contributed by atoms with Gasteiger partial charge in [-0.05, 0) is 44.0 Å². The molecule has 15 heavy (non-hydrogen) atoms. The number of pyridine rings is 2. The van der Waals surface area contributed by atoms with Gasteiger partial charge in [0.2, 0.25) is 0 Å². The van der Waals surface area contributed by atoms with Crippen LogP contribution in [0.3, 0.4) is 0 Å². The van der Waals surface area contributed by atoms with Crippen molar-refractivity contribution >= 4 is 11.0 Å². The lowest BCUT2D eigenvalue weighted by Gasteiger charge is -2.04. The zero-order chi connectivity index (χ0) is 10.7. The Morgan fingerprint density at radius 1 is 1.33 bits per heavy atom. The Morgan fingerprint density at radius 2 is 2.20 bits per heavy atom. The maximum absolute atomic E-state index is 5.71. The van der Waals surface area contributed by atoms with E-state index in [1.807, 2.05) is 25.1 Å². The van der Waals surface area contributed by atoms with Gasteiger partial charge < -0.3 is 5.73 Å². The Bertz CT molecular complexity index is 451. The zero-order valence-corrected chi connectivity index (χ0v) is 8.85. The molecule has 0 aliphatic carbocycles. The molecule has 2 rings (SSSR count). The summed E-state index contributed by atoms with van der Waals surface area (Å²) in [5, 5.41) is 1.09. The molecule has 0 bridgehead atoms. The van der Waals surface area contributed by atoms with Crippen molar-refractivity contribution in [2.75, 3.05) is 0 Å². The van der Waals surface area contributed by atoms with E-state index in [4.69, 9.17) is 5.73 Å². The summed E-state index contributed by atoms with van der Waals surface area (Å²) in [6.45, 7) is 2.01. The largest absolute Gasteiger partial charge is 0.328 e. The minimum absolute atomic E-state index is 0.228. The fourth-order valence-corrected chi connectivity index (χ4v) is 1.51. The minimum Gasteiger partial charge on any atom is -0.328 e. The molecule has 0 aliphatic heterocycles. The average molecular weight is 201 g/mol. The second-order valence-corrected chi connectivity index (χ2v) is 3.87. The lowest BCUT2D eigenvalue weighted by Crippen LogP contribution is -2.15. The van der Waals surface area contributed by atoms with Crippen molar-refractivity contribution in [3.8, 4) is 0 Å². The van der Waals surface area contributed by atoms with E-state index in [2.05, 4.69) is 16.0 Å². The highest BCUT2D eigenvalue weighted by atomic mass is 14.8. The van der Waals surface area contributed by atoms with Crippen molar-refractivity contribution in [3.63, 3.8) is 0 Å². The van der Waals surface area contributed by atoms with Crippen molar-refractivity contribution in [2.45, 2.75) is 25.8 Å². The molecule has 2 heterocycles. The first-order chi connectivity index (χ1) is 7.25. The van der Waals surface area contributed by atoms with E-state index in [9.17, 15) is 0 Å². The van der Waals surface area contributed by atoms with Crippen molar-refractivity contribution in [2.24, 2.45) is 5.73 Å². The van der Waals surface area contributed by atoms with Crippen molar-refractivity contribution in [1.82, 2.24) is 9.97 Å². The van der Waals surface area contributed by atoms with Crippen molar-refractivity contribution in [1.29, 1.82) is 0 Å². The van der Waals surface area contributed by atoms with Gasteiger partial charge in [0.1, 0.15) is 0 Å². The summed E-state index contributed by atoms with van der Waals surface area (Å²) in [5.74, 6) is 0. The number of nitrogens with zero attached hydrogens (tertiary/aromatic N) is 2. The summed E-state index contributed by atoms with van der Waals surface area (Å²) in [7, 11) is 0. The molecular weight excluding hydrogens is 186 g/mol. The Morgan fingerprint density at radius 3 is 3.00 bits per heavy atom. The van der Waals surface area contributed by atoms with Gasteiger partial charge in [-0.3, -0.25) is 0 Å².